The number of halogens is 1. The van der Waals surface area contributed by atoms with E-state index >= 15 is 0 Å². The maximum Gasteiger partial charge on any atom is 0.241 e. The molecule has 7 nitrogen and oxygen atoms in total. The number of thiocarbonyl (C=S) groups is 1. The average molecular weight is 355 g/mol. The molecule has 21 heavy (non-hydrogen) atoms. The van der Waals surface area contributed by atoms with Gasteiger partial charge < -0.3 is 5.73 Å². The summed E-state index contributed by atoms with van der Waals surface area (Å²) >= 11 is 4.64. The van der Waals surface area contributed by atoms with Crippen LogP contribution in [0.3, 0.4) is 0 Å². The molecule has 1 aromatic carbocycles. The van der Waals surface area contributed by atoms with Gasteiger partial charge in [-0.15, -0.1) is 0 Å². The molecule has 0 aromatic heterocycles. The Balaban J connectivity index is 2.94. The normalized spacial score (nSPS) is 12.3. The predicted octanol–water partition coefficient (Wildman–Crippen LogP) is -0.713. The van der Waals surface area contributed by atoms with Crippen molar-refractivity contribution in [2.45, 2.75) is 4.90 Å². The number of nitrogens with one attached hydrogen (secondary N) is 2. The third-order valence-corrected chi connectivity index (χ3v) is 4.73. The van der Waals surface area contributed by atoms with E-state index in [1.54, 1.807) is 0 Å². The molecule has 0 aliphatic carbocycles. The maximum absolute atomic E-state index is 13.6. The SMILES string of the molecule is CS(=O)(=O)NCCNS(=O)(=O)c1cccc(F)c1C(N)=S. The number of rotatable bonds is 7. The minimum absolute atomic E-state index is 0.143. The Kier molecular flexibility index (Phi) is 5.75. The van der Waals surface area contributed by atoms with Crippen LogP contribution in [-0.4, -0.2) is 41.2 Å². The predicted molar refractivity (Wildman–Crippen MR) is 80.3 cm³/mol. The van der Waals surface area contributed by atoms with Crippen LogP contribution in [0.25, 0.3) is 0 Å². The number of sulfonamides is 2. The standard InChI is InChI=1S/C10H14FN3O4S3/c1-20(15,16)13-5-6-14-21(17,18)8-4-2-3-7(11)9(8)10(12)19/h2-4,13-14H,5-6H2,1H3,(H2,12,19). The molecule has 0 radical (unpaired) electrons. The minimum atomic E-state index is -4.07. The molecule has 118 valence electrons. The summed E-state index contributed by atoms with van der Waals surface area (Å²) in [6.07, 6.45) is 0.943. The molecule has 4 N–H and O–H groups in total. The Morgan fingerprint density at radius 2 is 1.81 bits per heavy atom. The Bertz CT molecular complexity index is 747. The summed E-state index contributed by atoms with van der Waals surface area (Å²) in [6, 6.07) is 3.41. The lowest BCUT2D eigenvalue weighted by atomic mass is 10.2. The molecule has 0 bridgehead atoms. The van der Waals surface area contributed by atoms with Gasteiger partial charge in [-0.2, -0.15) is 0 Å². The zero-order chi connectivity index (χ0) is 16.3. The summed E-state index contributed by atoms with van der Waals surface area (Å²) in [5.74, 6) is -0.848. The van der Waals surface area contributed by atoms with Crippen molar-refractivity contribution in [1.82, 2.24) is 9.44 Å². The third-order valence-electron chi connectivity index (χ3n) is 2.29. The van der Waals surface area contributed by atoms with Gasteiger partial charge in [-0.1, -0.05) is 18.3 Å². The van der Waals surface area contributed by atoms with E-state index in [-0.39, 0.29) is 23.6 Å². The van der Waals surface area contributed by atoms with Gasteiger partial charge >= 0.3 is 0 Å². The van der Waals surface area contributed by atoms with Crippen LogP contribution in [0.2, 0.25) is 0 Å². The average Bonchev–Trinajstić information content (AvgIpc) is 2.33. The van der Waals surface area contributed by atoms with Crippen molar-refractivity contribution in [3.8, 4) is 0 Å². The summed E-state index contributed by atoms with van der Waals surface area (Å²) in [4.78, 5) is -0.780. The van der Waals surface area contributed by atoms with Gasteiger partial charge in [0.15, 0.2) is 0 Å². The van der Waals surface area contributed by atoms with Crippen LogP contribution in [0.5, 0.6) is 0 Å². The first kappa shape index (κ1) is 17.9. The Morgan fingerprint density at radius 3 is 2.33 bits per heavy atom. The van der Waals surface area contributed by atoms with E-state index in [2.05, 4.69) is 21.7 Å². The van der Waals surface area contributed by atoms with Gasteiger partial charge in [0.05, 0.1) is 16.7 Å². The summed E-state index contributed by atoms with van der Waals surface area (Å²) in [5, 5.41) is 0. The zero-order valence-electron chi connectivity index (χ0n) is 11.0. The topological polar surface area (TPSA) is 118 Å². The number of hydrogen-bond donors (Lipinski definition) is 3. The van der Waals surface area contributed by atoms with Gasteiger partial charge in [0, 0.05) is 13.1 Å². The van der Waals surface area contributed by atoms with Crippen LogP contribution < -0.4 is 15.2 Å². The van der Waals surface area contributed by atoms with E-state index in [1.807, 2.05) is 0 Å². The van der Waals surface area contributed by atoms with Crippen molar-refractivity contribution in [3.05, 3.63) is 29.6 Å². The molecule has 0 amide bonds. The molecule has 0 saturated carbocycles. The first-order chi connectivity index (χ1) is 9.54. The highest BCUT2D eigenvalue weighted by Gasteiger charge is 2.22. The molecule has 0 heterocycles. The highest BCUT2D eigenvalue weighted by Crippen LogP contribution is 2.18. The number of hydrogen-bond acceptors (Lipinski definition) is 5. The third kappa shape index (κ3) is 5.28. The monoisotopic (exact) mass is 355 g/mol. The Morgan fingerprint density at radius 1 is 1.24 bits per heavy atom. The van der Waals surface area contributed by atoms with E-state index < -0.39 is 30.8 Å². The van der Waals surface area contributed by atoms with E-state index in [0.29, 0.717) is 0 Å². The summed E-state index contributed by atoms with van der Waals surface area (Å²) in [6.45, 7) is -0.349. The van der Waals surface area contributed by atoms with Crippen LogP contribution in [0.1, 0.15) is 5.56 Å². The van der Waals surface area contributed by atoms with Crippen molar-refractivity contribution in [2.75, 3.05) is 19.3 Å². The van der Waals surface area contributed by atoms with Crippen LogP contribution >= 0.6 is 12.2 Å². The van der Waals surface area contributed by atoms with Crippen LogP contribution in [0.15, 0.2) is 23.1 Å². The van der Waals surface area contributed by atoms with Crippen LogP contribution in [-0.2, 0) is 20.0 Å². The molecule has 11 heteroatoms. The van der Waals surface area contributed by atoms with Crippen molar-refractivity contribution >= 4 is 37.3 Å². The van der Waals surface area contributed by atoms with Gasteiger partial charge in [0.2, 0.25) is 20.0 Å². The second-order valence-corrected chi connectivity index (χ2v) is 8.05. The van der Waals surface area contributed by atoms with Gasteiger partial charge in [0.1, 0.15) is 10.8 Å². The molecule has 0 saturated heterocycles. The molecule has 0 aliphatic heterocycles. The first-order valence-corrected chi connectivity index (χ1v) is 9.35. The van der Waals surface area contributed by atoms with E-state index in [1.165, 1.54) is 6.07 Å². The fourth-order valence-electron chi connectivity index (χ4n) is 1.47. The van der Waals surface area contributed by atoms with Gasteiger partial charge in [-0.05, 0) is 12.1 Å². The van der Waals surface area contributed by atoms with Crippen molar-refractivity contribution < 1.29 is 21.2 Å². The fourth-order valence-corrected chi connectivity index (χ4v) is 3.47. The summed E-state index contributed by atoms with van der Waals surface area (Å²) < 4.78 is 63.7. The molecule has 0 atom stereocenters. The smallest absolute Gasteiger partial charge is 0.241 e. The quantitative estimate of drug-likeness (QED) is 0.439. The maximum atomic E-state index is 13.6. The lowest BCUT2D eigenvalue weighted by Gasteiger charge is -2.11. The zero-order valence-corrected chi connectivity index (χ0v) is 13.4. The molecule has 0 aliphatic rings. The molecular weight excluding hydrogens is 341 g/mol. The lowest BCUT2D eigenvalue weighted by Crippen LogP contribution is -2.35. The summed E-state index contributed by atoms with van der Waals surface area (Å²) in [5.41, 5.74) is 4.95. The van der Waals surface area contributed by atoms with E-state index in [4.69, 9.17) is 5.73 Å². The van der Waals surface area contributed by atoms with Gasteiger partial charge in [0.25, 0.3) is 0 Å². The highest BCUT2D eigenvalue weighted by atomic mass is 32.2. The van der Waals surface area contributed by atoms with Crippen molar-refractivity contribution in [2.24, 2.45) is 5.73 Å². The van der Waals surface area contributed by atoms with Crippen molar-refractivity contribution in [1.29, 1.82) is 0 Å². The van der Waals surface area contributed by atoms with Gasteiger partial charge in [-0.3, -0.25) is 0 Å². The minimum Gasteiger partial charge on any atom is -0.389 e. The highest BCUT2D eigenvalue weighted by molar-refractivity contribution is 7.89. The second-order valence-electron chi connectivity index (χ2n) is 4.04. The Labute approximate surface area is 127 Å². The fraction of sp³-hybridized carbons (Fsp3) is 0.300. The molecular formula is C10H14FN3O4S3. The largest absolute Gasteiger partial charge is 0.389 e. The summed E-state index contributed by atoms with van der Waals surface area (Å²) in [7, 11) is -7.49. The van der Waals surface area contributed by atoms with E-state index in [9.17, 15) is 21.2 Å². The van der Waals surface area contributed by atoms with Crippen molar-refractivity contribution in [3.63, 3.8) is 0 Å². The van der Waals surface area contributed by atoms with Crippen LogP contribution in [0, 0.1) is 5.82 Å². The first-order valence-electron chi connectivity index (χ1n) is 5.57. The van der Waals surface area contributed by atoms with Gasteiger partial charge in [-0.25, -0.2) is 30.7 Å². The Hall–Kier alpha value is -1.14. The molecule has 1 rings (SSSR count). The molecule has 0 fully saturated rings. The molecule has 0 unspecified atom stereocenters. The second kappa shape index (κ2) is 6.75. The molecule has 1 aromatic rings. The van der Waals surface area contributed by atoms with Crippen LogP contribution in [0.4, 0.5) is 4.39 Å². The molecule has 0 spiro atoms. The number of benzene rings is 1. The number of nitrogens with two attached hydrogens (primary N) is 1. The lowest BCUT2D eigenvalue weighted by molar-refractivity contribution is 0.571. The van der Waals surface area contributed by atoms with E-state index in [0.717, 1.165) is 18.4 Å².